The summed E-state index contributed by atoms with van der Waals surface area (Å²) < 4.78 is 63.1. The molecule has 0 unspecified atom stereocenters. The molecule has 2 aromatic rings. The number of hydrogen-bond donors (Lipinski definition) is 1. The second-order valence-electron chi connectivity index (χ2n) is 4.40. The molecular weight excluding hydrogens is 369 g/mol. The van der Waals surface area contributed by atoms with E-state index in [0.717, 1.165) is 23.5 Å². The Kier molecular flexibility index (Phi) is 3.75. The summed E-state index contributed by atoms with van der Waals surface area (Å²) in [5.74, 6) is -0.450. The SMILES string of the molecule is O=C(NCc1ccc(S(F)(F)(F)(F)F)cc1)c1ccc(Cl)s1. The van der Waals surface area contributed by atoms with Gasteiger partial charge in [-0.15, -0.1) is 11.3 Å². The molecule has 122 valence electrons. The summed E-state index contributed by atoms with van der Waals surface area (Å²) in [6.45, 7) is -0.0883. The van der Waals surface area contributed by atoms with Crippen LogP contribution in [0.3, 0.4) is 0 Å². The summed E-state index contributed by atoms with van der Waals surface area (Å²) in [4.78, 5) is 10.1. The number of halogens is 6. The quantitative estimate of drug-likeness (QED) is 0.651. The first-order valence-corrected chi connectivity index (χ1v) is 8.86. The van der Waals surface area contributed by atoms with E-state index in [1.54, 1.807) is 0 Å². The standard InChI is InChI=1S/C12H9ClF5NOS2/c13-11-6-5-10(21-11)12(20)19-7-8-1-3-9(4-2-8)22(14,15,16,17)18/h1-6H,7H2,(H,19,20). The van der Waals surface area contributed by atoms with Gasteiger partial charge in [0.05, 0.1) is 9.21 Å². The molecule has 1 amide bonds. The fraction of sp³-hybridized carbons (Fsp3) is 0.0833. The van der Waals surface area contributed by atoms with Crippen molar-refractivity contribution in [2.45, 2.75) is 11.4 Å². The number of rotatable bonds is 4. The number of amides is 1. The van der Waals surface area contributed by atoms with E-state index in [1.165, 1.54) is 12.1 Å². The van der Waals surface area contributed by atoms with Gasteiger partial charge in [0.15, 0.2) is 0 Å². The lowest BCUT2D eigenvalue weighted by Crippen LogP contribution is -2.21. The first-order chi connectivity index (χ1) is 9.85. The van der Waals surface area contributed by atoms with E-state index in [4.69, 9.17) is 11.6 Å². The van der Waals surface area contributed by atoms with Crippen molar-refractivity contribution in [2.75, 3.05) is 0 Å². The molecule has 1 heterocycles. The van der Waals surface area contributed by atoms with Crippen LogP contribution in [-0.2, 0) is 6.54 Å². The summed E-state index contributed by atoms with van der Waals surface area (Å²) in [5, 5.41) is 2.46. The lowest BCUT2D eigenvalue weighted by molar-refractivity contribution is 0.0955. The van der Waals surface area contributed by atoms with Crippen molar-refractivity contribution in [1.29, 1.82) is 0 Å². The molecule has 0 saturated heterocycles. The number of carbonyl (C=O) groups is 1. The summed E-state index contributed by atoms with van der Waals surface area (Å²) >= 11 is 6.72. The minimum atomic E-state index is -9.66. The predicted octanol–water partition coefficient (Wildman–Crippen LogP) is 5.99. The molecule has 0 aliphatic carbocycles. The van der Waals surface area contributed by atoms with Gasteiger partial charge in [0.1, 0.15) is 4.90 Å². The van der Waals surface area contributed by atoms with E-state index in [9.17, 15) is 24.2 Å². The number of hydrogen-bond acceptors (Lipinski definition) is 2. The molecule has 22 heavy (non-hydrogen) atoms. The Balaban J connectivity index is 2.05. The Bertz CT molecular complexity index is 711. The van der Waals surface area contributed by atoms with Crippen molar-refractivity contribution in [3.63, 3.8) is 0 Å². The molecule has 0 bridgehead atoms. The normalized spacial score (nSPS) is 15.0. The van der Waals surface area contributed by atoms with Crippen LogP contribution in [0.2, 0.25) is 4.34 Å². The second-order valence-corrected chi connectivity index (χ2v) is 8.52. The van der Waals surface area contributed by atoms with Crippen LogP contribution in [0.5, 0.6) is 0 Å². The zero-order valence-electron chi connectivity index (χ0n) is 10.7. The molecule has 0 aliphatic rings. The minimum Gasteiger partial charge on any atom is -0.347 e. The van der Waals surface area contributed by atoms with E-state index < -0.39 is 21.0 Å². The molecule has 0 fully saturated rings. The molecule has 1 aromatic carbocycles. The Morgan fingerprint density at radius 1 is 1.05 bits per heavy atom. The third-order valence-electron chi connectivity index (χ3n) is 2.62. The molecule has 2 rings (SSSR count). The molecule has 2 nitrogen and oxygen atoms in total. The average Bonchev–Trinajstić information content (AvgIpc) is 2.80. The Morgan fingerprint density at radius 2 is 1.64 bits per heavy atom. The average molecular weight is 378 g/mol. The van der Waals surface area contributed by atoms with Crippen LogP contribution in [0.25, 0.3) is 0 Å². The summed E-state index contributed by atoms with van der Waals surface area (Å²) in [7, 11) is -9.66. The topological polar surface area (TPSA) is 29.1 Å². The van der Waals surface area contributed by atoms with Gasteiger partial charge in [0.25, 0.3) is 5.91 Å². The minimum absolute atomic E-state index is 0.0883. The van der Waals surface area contributed by atoms with E-state index in [2.05, 4.69) is 5.32 Å². The first kappa shape index (κ1) is 17.0. The van der Waals surface area contributed by atoms with Gasteiger partial charge in [-0.3, -0.25) is 4.79 Å². The summed E-state index contributed by atoms with van der Waals surface area (Å²) in [6.07, 6.45) is 0. The Morgan fingerprint density at radius 3 is 2.09 bits per heavy atom. The molecule has 0 spiro atoms. The van der Waals surface area contributed by atoms with Crippen LogP contribution in [0.4, 0.5) is 19.4 Å². The van der Waals surface area contributed by atoms with Gasteiger partial charge in [0, 0.05) is 6.54 Å². The molecule has 0 radical (unpaired) electrons. The fourth-order valence-corrected chi connectivity index (χ4v) is 3.18. The maximum atomic E-state index is 12.5. The van der Waals surface area contributed by atoms with Gasteiger partial charge in [-0.05, 0) is 29.8 Å². The molecule has 0 atom stereocenters. The van der Waals surface area contributed by atoms with Crippen molar-refractivity contribution >= 4 is 39.1 Å². The van der Waals surface area contributed by atoms with Crippen LogP contribution < -0.4 is 5.32 Å². The molecular formula is C12H9ClF5NOS2. The number of benzene rings is 1. The first-order valence-electron chi connectivity index (χ1n) is 5.72. The van der Waals surface area contributed by atoms with Gasteiger partial charge in [-0.1, -0.05) is 43.2 Å². The van der Waals surface area contributed by atoms with Crippen LogP contribution >= 0.6 is 33.2 Å². The van der Waals surface area contributed by atoms with E-state index >= 15 is 0 Å². The number of thiophene rings is 1. The maximum Gasteiger partial charge on any atom is 0.310 e. The second kappa shape index (κ2) is 4.84. The van der Waals surface area contributed by atoms with Gasteiger partial charge >= 0.3 is 10.2 Å². The molecule has 0 saturated carbocycles. The van der Waals surface area contributed by atoms with Crippen LogP contribution in [0.1, 0.15) is 15.2 Å². The van der Waals surface area contributed by atoms with E-state index in [-0.39, 0.29) is 12.1 Å². The maximum absolute atomic E-state index is 12.5. The van der Waals surface area contributed by atoms with Crippen LogP contribution in [-0.4, -0.2) is 5.91 Å². The fourth-order valence-electron chi connectivity index (χ4n) is 1.57. The molecule has 10 heteroatoms. The third-order valence-corrected chi connectivity index (χ3v) is 5.01. The van der Waals surface area contributed by atoms with Crippen LogP contribution in [0.15, 0.2) is 41.3 Å². The van der Waals surface area contributed by atoms with Gasteiger partial charge in [-0.25, -0.2) is 0 Å². The zero-order chi connectivity index (χ0) is 16.7. The predicted molar refractivity (Wildman–Crippen MR) is 78.3 cm³/mol. The number of nitrogens with one attached hydrogen (secondary N) is 1. The van der Waals surface area contributed by atoms with Crippen molar-refractivity contribution in [2.24, 2.45) is 0 Å². The third kappa shape index (κ3) is 4.34. The highest BCUT2D eigenvalue weighted by molar-refractivity contribution is 8.45. The van der Waals surface area contributed by atoms with Crippen molar-refractivity contribution < 1.29 is 24.2 Å². The lowest BCUT2D eigenvalue weighted by atomic mass is 10.2. The summed E-state index contributed by atoms with van der Waals surface area (Å²) in [5.41, 5.74) is 0.265. The highest BCUT2D eigenvalue weighted by Gasteiger charge is 2.65. The van der Waals surface area contributed by atoms with E-state index in [0.29, 0.717) is 21.3 Å². The molecule has 1 N–H and O–H groups in total. The lowest BCUT2D eigenvalue weighted by Gasteiger charge is -2.40. The smallest absolute Gasteiger partial charge is 0.310 e. The monoisotopic (exact) mass is 377 g/mol. The Hall–Kier alpha value is -1.32. The van der Waals surface area contributed by atoms with Crippen molar-refractivity contribution in [1.82, 2.24) is 5.32 Å². The molecule has 0 aliphatic heterocycles. The Labute approximate surface area is 131 Å². The zero-order valence-corrected chi connectivity index (χ0v) is 13.1. The highest BCUT2D eigenvalue weighted by atomic mass is 35.5. The van der Waals surface area contributed by atoms with E-state index in [1.807, 2.05) is 0 Å². The largest absolute Gasteiger partial charge is 0.347 e. The van der Waals surface area contributed by atoms with Crippen molar-refractivity contribution in [3.8, 4) is 0 Å². The van der Waals surface area contributed by atoms with Crippen LogP contribution in [0, 0.1) is 0 Å². The van der Waals surface area contributed by atoms with Gasteiger partial charge in [0.2, 0.25) is 0 Å². The number of carbonyl (C=O) groups excluding carboxylic acids is 1. The summed E-state index contributed by atoms with van der Waals surface area (Å²) in [6, 6.07) is 5.45. The molecule has 1 aromatic heterocycles. The van der Waals surface area contributed by atoms with Gasteiger partial charge in [-0.2, -0.15) is 0 Å². The van der Waals surface area contributed by atoms with Crippen molar-refractivity contribution in [3.05, 3.63) is 51.2 Å². The van der Waals surface area contributed by atoms with Gasteiger partial charge < -0.3 is 5.32 Å². The highest BCUT2D eigenvalue weighted by Crippen LogP contribution is 3.02.